The summed E-state index contributed by atoms with van der Waals surface area (Å²) in [6.45, 7) is -0.346. The number of carbonyl (C=O) groups is 2. The number of esters is 1. The van der Waals surface area contributed by atoms with Gasteiger partial charge < -0.3 is 10.1 Å². The molecule has 0 fully saturated rings. The minimum absolute atomic E-state index is 0.216. The van der Waals surface area contributed by atoms with E-state index in [1.165, 1.54) is 11.1 Å². The van der Waals surface area contributed by atoms with Crippen molar-refractivity contribution in [2.45, 2.75) is 19.3 Å². The highest BCUT2D eigenvalue weighted by Crippen LogP contribution is 2.24. The van der Waals surface area contributed by atoms with Crippen LogP contribution in [0.15, 0.2) is 54.7 Å². The number of fused-ring (bicyclic) bond motifs is 2. The Morgan fingerprint density at radius 3 is 2.81 bits per heavy atom. The quantitative estimate of drug-likeness (QED) is 0.734. The molecule has 2 aromatic carbocycles. The summed E-state index contributed by atoms with van der Waals surface area (Å²) in [6.07, 6.45) is 4.85. The third kappa shape index (κ3) is 3.28. The van der Waals surface area contributed by atoms with Crippen LogP contribution in [0.5, 0.6) is 0 Å². The van der Waals surface area contributed by atoms with E-state index in [0.717, 1.165) is 30.3 Å². The largest absolute Gasteiger partial charge is 0.451 e. The Bertz CT molecular complexity index is 992. The fourth-order valence-corrected chi connectivity index (χ4v) is 3.33. The molecule has 26 heavy (non-hydrogen) atoms. The monoisotopic (exact) mass is 346 g/mol. The van der Waals surface area contributed by atoms with Crippen LogP contribution in [0.25, 0.3) is 10.8 Å². The number of rotatable bonds is 4. The first-order valence-corrected chi connectivity index (χ1v) is 8.63. The maximum atomic E-state index is 12.3. The molecule has 1 aliphatic rings. The molecular formula is C21H18N2O3. The number of hydrogen-bond acceptors (Lipinski definition) is 4. The van der Waals surface area contributed by atoms with Gasteiger partial charge in [0.1, 0.15) is 0 Å². The van der Waals surface area contributed by atoms with Gasteiger partial charge in [-0.2, -0.15) is 0 Å². The van der Waals surface area contributed by atoms with E-state index >= 15 is 0 Å². The number of hydrogen-bond donors (Lipinski definition) is 1. The first kappa shape index (κ1) is 16.3. The molecule has 0 saturated carbocycles. The van der Waals surface area contributed by atoms with Gasteiger partial charge in [0.25, 0.3) is 5.91 Å². The molecule has 1 heterocycles. The topological polar surface area (TPSA) is 68.3 Å². The van der Waals surface area contributed by atoms with Gasteiger partial charge >= 0.3 is 5.97 Å². The zero-order valence-corrected chi connectivity index (χ0v) is 14.2. The number of benzene rings is 2. The zero-order valence-electron chi connectivity index (χ0n) is 14.2. The third-order valence-electron chi connectivity index (χ3n) is 4.58. The predicted octanol–water partition coefficient (Wildman–Crippen LogP) is 3.52. The van der Waals surface area contributed by atoms with Crippen LogP contribution in [0.3, 0.4) is 0 Å². The van der Waals surface area contributed by atoms with Crippen molar-refractivity contribution in [3.63, 3.8) is 0 Å². The molecule has 0 aliphatic heterocycles. The van der Waals surface area contributed by atoms with Gasteiger partial charge in [0.05, 0.1) is 0 Å². The number of anilines is 1. The Hall–Kier alpha value is -3.21. The fourth-order valence-electron chi connectivity index (χ4n) is 3.33. The summed E-state index contributed by atoms with van der Waals surface area (Å²) in [4.78, 5) is 28.5. The summed E-state index contributed by atoms with van der Waals surface area (Å²) in [5, 5.41) is 4.39. The fraction of sp³-hybridized carbons (Fsp3) is 0.190. The van der Waals surface area contributed by atoms with E-state index in [0.29, 0.717) is 5.39 Å². The van der Waals surface area contributed by atoms with Crippen molar-refractivity contribution in [1.29, 1.82) is 0 Å². The highest BCUT2D eigenvalue weighted by molar-refractivity contribution is 6.03. The number of aryl methyl sites for hydroxylation is 2. The summed E-state index contributed by atoms with van der Waals surface area (Å²) in [5.74, 6) is -0.970. The lowest BCUT2D eigenvalue weighted by molar-refractivity contribution is -0.119. The summed E-state index contributed by atoms with van der Waals surface area (Å²) in [6, 6.07) is 15.2. The number of ether oxygens (including phenoxy) is 1. The van der Waals surface area contributed by atoms with Crippen LogP contribution < -0.4 is 5.32 Å². The number of amides is 1. The van der Waals surface area contributed by atoms with E-state index in [1.54, 1.807) is 6.20 Å². The average molecular weight is 346 g/mol. The average Bonchev–Trinajstić information content (AvgIpc) is 3.13. The van der Waals surface area contributed by atoms with Gasteiger partial charge in [0, 0.05) is 17.3 Å². The van der Waals surface area contributed by atoms with Gasteiger partial charge in [-0.25, -0.2) is 9.78 Å². The molecule has 1 amide bonds. The summed E-state index contributed by atoms with van der Waals surface area (Å²) in [5.41, 5.74) is 3.57. The lowest BCUT2D eigenvalue weighted by Crippen LogP contribution is -2.21. The van der Waals surface area contributed by atoms with E-state index in [-0.39, 0.29) is 18.2 Å². The smallest absolute Gasteiger partial charge is 0.358 e. The zero-order chi connectivity index (χ0) is 17.9. The van der Waals surface area contributed by atoms with Gasteiger partial charge in [-0.15, -0.1) is 0 Å². The van der Waals surface area contributed by atoms with E-state index in [9.17, 15) is 9.59 Å². The number of pyridine rings is 1. The van der Waals surface area contributed by atoms with Crippen molar-refractivity contribution in [3.05, 3.63) is 71.5 Å². The van der Waals surface area contributed by atoms with E-state index in [1.807, 2.05) is 48.5 Å². The maximum absolute atomic E-state index is 12.3. The second kappa shape index (κ2) is 6.96. The van der Waals surface area contributed by atoms with Gasteiger partial charge in [-0.1, -0.05) is 30.3 Å². The standard InChI is InChI=1S/C21H18N2O3/c24-19(23-17-9-8-14-5-3-6-16(14)12-17)13-26-21(25)20-18-7-2-1-4-15(18)10-11-22-20/h1-2,4,7-12H,3,5-6,13H2,(H,23,24). The van der Waals surface area contributed by atoms with Crippen LogP contribution in [-0.4, -0.2) is 23.5 Å². The number of nitrogens with one attached hydrogen (secondary N) is 1. The lowest BCUT2D eigenvalue weighted by Gasteiger charge is -2.09. The van der Waals surface area contributed by atoms with Crippen LogP contribution in [-0.2, 0) is 22.4 Å². The lowest BCUT2D eigenvalue weighted by atomic mass is 10.1. The van der Waals surface area contributed by atoms with Gasteiger partial charge in [0.15, 0.2) is 12.3 Å². The molecule has 0 bridgehead atoms. The molecule has 0 unspecified atom stereocenters. The molecule has 0 spiro atoms. The van der Waals surface area contributed by atoms with Gasteiger partial charge in [-0.3, -0.25) is 4.79 Å². The molecule has 0 atom stereocenters. The first-order chi connectivity index (χ1) is 12.7. The molecule has 5 nitrogen and oxygen atoms in total. The Labute approximate surface area is 151 Å². The number of nitrogens with zero attached hydrogens (tertiary/aromatic N) is 1. The van der Waals surface area contributed by atoms with Crippen LogP contribution in [0.2, 0.25) is 0 Å². The van der Waals surface area contributed by atoms with Gasteiger partial charge in [0.2, 0.25) is 0 Å². The predicted molar refractivity (Wildman–Crippen MR) is 99.1 cm³/mol. The number of carbonyl (C=O) groups excluding carboxylic acids is 2. The molecule has 0 radical (unpaired) electrons. The van der Waals surface area contributed by atoms with E-state index in [2.05, 4.69) is 10.3 Å². The highest BCUT2D eigenvalue weighted by atomic mass is 16.5. The van der Waals surface area contributed by atoms with E-state index < -0.39 is 5.97 Å². The van der Waals surface area contributed by atoms with Gasteiger partial charge in [-0.05, 0) is 54.0 Å². The van der Waals surface area contributed by atoms with Crippen LogP contribution in [0.4, 0.5) is 5.69 Å². The summed E-state index contributed by atoms with van der Waals surface area (Å²) in [7, 11) is 0. The molecule has 1 N–H and O–H groups in total. The number of aromatic nitrogens is 1. The maximum Gasteiger partial charge on any atom is 0.358 e. The first-order valence-electron chi connectivity index (χ1n) is 8.63. The Morgan fingerprint density at radius 1 is 1.04 bits per heavy atom. The minimum atomic E-state index is -0.606. The Kier molecular flexibility index (Phi) is 4.35. The summed E-state index contributed by atoms with van der Waals surface area (Å²) >= 11 is 0. The molecule has 5 heteroatoms. The van der Waals surface area contributed by atoms with Crippen molar-refractivity contribution >= 4 is 28.3 Å². The molecule has 0 saturated heterocycles. The molecule has 1 aliphatic carbocycles. The second-order valence-electron chi connectivity index (χ2n) is 6.34. The highest BCUT2D eigenvalue weighted by Gasteiger charge is 2.16. The normalized spacial score (nSPS) is 12.6. The molecule has 130 valence electrons. The minimum Gasteiger partial charge on any atom is -0.451 e. The van der Waals surface area contributed by atoms with Crippen molar-refractivity contribution in [2.75, 3.05) is 11.9 Å². The van der Waals surface area contributed by atoms with Crippen molar-refractivity contribution in [2.24, 2.45) is 0 Å². The van der Waals surface area contributed by atoms with Crippen LogP contribution >= 0.6 is 0 Å². The Balaban J connectivity index is 1.40. The molecule has 4 rings (SSSR count). The SMILES string of the molecule is O=C(COC(=O)c1nccc2ccccc12)Nc1ccc2c(c1)CCC2. The molecule has 1 aromatic heterocycles. The van der Waals surface area contributed by atoms with Crippen molar-refractivity contribution in [1.82, 2.24) is 4.98 Å². The van der Waals surface area contributed by atoms with Crippen LogP contribution in [0, 0.1) is 0 Å². The van der Waals surface area contributed by atoms with Crippen molar-refractivity contribution < 1.29 is 14.3 Å². The molecular weight excluding hydrogens is 328 g/mol. The van der Waals surface area contributed by atoms with Crippen molar-refractivity contribution in [3.8, 4) is 0 Å². The second-order valence-corrected chi connectivity index (χ2v) is 6.34. The molecule has 3 aromatic rings. The summed E-state index contributed by atoms with van der Waals surface area (Å²) < 4.78 is 5.15. The van der Waals surface area contributed by atoms with Crippen LogP contribution in [0.1, 0.15) is 28.0 Å². The van der Waals surface area contributed by atoms with E-state index in [4.69, 9.17) is 4.74 Å². The Morgan fingerprint density at radius 2 is 1.88 bits per heavy atom. The third-order valence-corrected chi connectivity index (χ3v) is 4.58.